The number of esters is 1. The molecule has 3 rings (SSSR count). The van der Waals surface area contributed by atoms with E-state index in [-0.39, 0.29) is 11.3 Å². The lowest BCUT2D eigenvalue weighted by atomic mass is 10.1. The standard InChI is InChI=1S/C23H26N2O6S/c1-23(2,3)31-22(27)24-19(21(26)30-4)14-16-15-25(20-13-9-8-12-18(16)20)32(28,29)17-10-6-5-7-11-17/h5-13,15,19H,14H2,1-4H3,(H,24,27)/t19-/m1/s1. The highest BCUT2D eigenvalue weighted by Crippen LogP contribution is 2.27. The van der Waals surface area contributed by atoms with Crippen LogP contribution in [0.1, 0.15) is 26.3 Å². The van der Waals surface area contributed by atoms with E-state index in [9.17, 15) is 18.0 Å². The number of aromatic nitrogens is 1. The van der Waals surface area contributed by atoms with Crippen molar-refractivity contribution in [3.05, 3.63) is 66.4 Å². The molecule has 1 amide bonds. The zero-order chi connectivity index (χ0) is 23.5. The van der Waals surface area contributed by atoms with E-state index < -0.39 is 33.7 Å². The predicted molar refractivity (Wildman–Crippen MR) is 120 cm³/mol. The van der Waals surface area contributed by atoms with Crippen LogP contribution in [-0.2, 0) is 30.7 Å². The number of nitrogens with zero attached hydrogens (tertiary/aromatic N) is 1. The molecule has 1 atom stereocenters. The number of fused-ring (bicyclic) bond motifs is 1. The minimum Gasteiger partial charge on any atom is -0.467 e. The Bertz CT molecular complexity index is 1230. The van der Waals surface area contributed by atoms with Crippen molar-refractivity contribution in [3.8, 4) is 0 Å². The third-order valence-corrected chi connectivity index (χ3v) is 6.35. The molecule has 0 radical (unpaired) electrons. The van der Waals surface area contributed by atoms with Gasteiger partial charge in [-0.25, -0.2) is 22.0 Å². The number of rotatable bonds is 6. The van der Waals surface area contributed by atoms with Crippen molar-refractivity contribution >= 4 is 33.0 Å². The SMILES string of the molecule is COC(=O)[C@@H](Cc1cn(S(=O)(=O)c2ccccc2)c2ccccc12)NC(=O)OC(C)(C)C. The molecule has 0 saturated heterocycles. The van der Waals surface area contributed by atoms with Crippen LogP contribution < -0.4 is 5.32 Å². The summed E-state index contributed by atoms with van der Waals surface area (Å²) in [6.07, 6.45) is 0.720. The van der Waals surface area contributed by atoms with Gasteiger partial charge in [0.05, 0.1) is 17.5 Å². The van der Waals surface area contributed by atoms with Gasteiger partial charge in [0.1, 0.15) is 11.6 Å². The highest BCUT2D eigenvalue weighted by molar-refractivity contribution is 7.90. The van der Waals surface area contributed by atoms with Gasteiger partial charge in [0.25, 0.3) is 10.0 Å². The fourth-order valence-electron chi connectivity index (χ4n) is 3.29. The second-order valence-corrected chi connectivity index (χ2v) is 10.0. The number of ether oxygens (including phenoxy) is 2. The maximum atomic E-state index is 13.3. The summed E-state index contributed by atoms with van der Waals surface area (Å²) in [5.74, 6) is -0.668. The number of nitrogens with one attached hydrogen (secondary N) is 1. The smallest absolute Gasteiger partial charge is 0.408 e. The van der Waals surface area contributed by atoms with Crippen LogP contribution in [0.5, 0.6) is 0 Å². The summed E-state index contributed by atoms with van der Waals surface area (Å²) in [6.45, 7) is 5.13. The second kappa shape index (κ2) is 9.04. The minimum atomic E-state index is -3.86. The average molecular weight is 459 g/mol. The molecule has 0 fully saturated rings. The first-order valence-electron chi connectivity index (χ1n) is 10.00. The summed E-state index contributed by atoms with van der Waals surface area (Å²) in [6, 6.07) is 14.0. The Labute approximate surface area is 187 Å². The van der Waals surface area contributed by atoms with Gasteiger partial charge in [0.15, 0.2) is 0 Å². The van der Waals surface area contributed by atoms with Gasteiger partial charge < -0.3 is 14.8 Å². The van der Waals surface area contributed by atoms with Crippen LogP contribution in [-0.4, -0.2) is 43.2 Å². The van der Waals surface area contributed by atoms with Crippen molar-refractivity contribution in [1.29, 1.82) is 0 Å². The Morgan fingerprint density at radius 3 is 2.28 bits per heavy atom. The van der Waals surface area contributed by atoms with Crippen molar-refractivity contribution in [2.45, 2.75) is 43.7 Å². The van der Waals surface area contributed by atoms with E-state index in [1.807, 2.05) is 0 Å². The number of hydrogen-bond acceptors (Lipinski definition) is 6. The van der Waals surface area contributed by atoms with E-state index in [2.05, 4.69) is 5.32 Å². The number of methoxy groups -OCH3 is 1. The lowest BCUT2D eigenvalue weighted by Crippen LogP contribution is -2.45. The molecule has 0 bridgehead atoms. The molecule has 32 heavy (non-hydrogen) atoms. The zero-order valence-electron chi connectivity index (χ0n) is 18.4. The monoisotopic (exact) mass is 458 g/mol. The van der Waals surface area contributed by atoms with Gasteiger partial charge in [0, 0.05) is 18.0 Å². The van der Waals surface area contributed by atoms with Crippen LogP contribution in [0.25, 0.3) is 10.9 Å². The maximum absolute atomic E-state index is 13.3. The molecule has 1 aromatic heterocycles. The topological polar surface area (TPSA) is 104 Å². The fraction of sp³-hybridized carbons (Fsp3) is 0.304. The molecule has 0 spiro atoms. The van der Waals surface area contributed by atoms with Gasteiger partial charge in [-0.15, -0.1) is 0 Å². The third kappa shape index (κ3) is 5.11. The highest BCUT2D eigenvalue weighted by atomic mass is 32.2. The zero-order valence-corrected chi connectivity index (χ0v) is 19.2. The van der Waals surface area contributed by atoms with Crippen molar-refractivity contribution in [2.75, 3.05) is 7.11 Å². The van der Waals surface area contributed by atoms with Crippen LogP contribution >= 0.6 is 0 Å². The molecule has 0 aliphatic heterocycles. The molecule has 0 aliphatic rings. The van der Waals surface area contributed by atoms with Crippen molar-refractivity contribution in [1.82, 2.24) is 9.29 Å². The molecule has 9 heteroatoms. The number of benzene rings is 2. The molecule has 3 aromatic rings. The average Bonchev–Trinajstić information content (AvgIpc) is 3.11. The van der Waals surface area contributed by atoms with E-state index in [0.29, 0.717) is 16.5 Å². The first-order chi connectivity index (χ1) is 15.0. The molecular weight excluding hydrogens is 432 g/mol. The molecule has 170 valence electrons. The van der Waals surface area contributed by atoms with E-state index >= 15 is 0 Å². The number of amides is 1. The normalized spacial score (nSPS) is 12.9. The van der Waals surface area contributed by atoms with E-state index in [1.54, 1.807) is 63.2 Å². The third-order valence-electron chi connectivity index (χ3n) is 4.66. The van der Waals surface area contributed by atoms with Gasteiger partial charge in [0.2, 0.25) is 0 Å². The van der Waals surface area contributed by atoms with Gasteiger partial charge in [-0.2, -0.15) is 0 Å². The minimum absolute atomic E-state index is 0.0176. The largest absolute Gasteiger partial charge is 0.467 e. The Kier molecular flexibility index (Phi) is 6.59. The summed E-state index contributed by atoms with van der Waals surface area (Å²) in [7, 11) is -2.65. The van der Waals surface area contributed by atoms with Gasteiger partial charge in [-0.1, -0.05) is 36.4 Å². The van der Waals surface area contributed by atoms with Crippen LogP contribution in [0, 0.1) is 0 Å². The molecule has 0 aliphatic carbocycles. The number of carbonyl (C=O) groups excluding carboxylic acids is 2. The first-order valence-corrected chi connectivity index (χ1v) is 11.4. The molecular formula is C23H26N2O6S. The van der Waals surface area contributed by atoms with Gasteiger partial charge in [-0.3, -0.25) is 0 Å². The number of para-hydroxylation sites is 1. The van der Waals surface area contributed by atoms with Crippen molar-refractivity contribution < 1.29 is 27.5 Å². The Balaban J connectivity index is 2.01. The molecule has 0 saturated carbocycles. The fourth-order valence-corrected chi connectivity index (χ4v) is 4.70. The lowest BCUT2D eigenvalue weighted by molar-refractivity contribution is -0.143. The molecule has 2 aromatic carbocycles. The summed E-state index contributed by atoms with van der Waals surface area (Å²) in [5, 5.41) is 3.17. The Morgan fingerprint density at radius 1 is 1.03 bits per heavy atom. The molecule has 1 N–H and O–H groups in total. The maximum Gasteiger partial charge on any atom is 0.408 e. The number of carbonyl (C=O) groups is 2. The predicted octanol–water partition coefficient (Wildman–Crippen LogP) is 3.49. The van der Waals surface area contributed by atoms with Crippen molar-refractivity contribution in [2.24, 2.45) is 0 Å². The molecule has 8 nitrogen and oxygen atoms in total. The van der Waals surface area contributed by atoms with E-state index in [1.165, 1.54) is 29.4 Å². The lowest BCUT2D eigenvalue weighted by Gasteiger charge is -2.22. The van der Waals surface area contributed by atoms with Crippen molar-refractivity contribution in [3.63, 3.8) is 0 Å². The summed E-state index contributed by atoms with van der Waals surface area (Å²) < 4.78 is 37.8. The highest BCUT2D eigenvalue weighted by Gasteiger charge is 2.28. The Hall–Kier alpha value is -3.33. The first kappa shape index (κ1) is 23.3. The van der Waals surface area contributed by atoms with Crippen LogP contribution in [0.4, 0.5) is 4.79 Å². The second-order valence-electron chi connectivity index (χ2n) is 8.21. The van der Waals surface area contributed by atoms with E-state index in [4.69, 9.17) is 9.47 Å². The van der Waals surface area contributed by atoms with Crippen LogP contribution in [0.2, 0.25) is 0 Å². The summed E-state index contributed by atoms with van der Waals surface area (Å²) in [4.78, 5) is 24.8. The number of alkyl carbamates (subject to hydrolysis) is 1. The van der Waals surface area contributed by atoms with E-state index in [0.717, 1.165) is 0 Å². The number of hydrogen-bond donors (Lipinski definition) is 1. The Morgan fingerprint density at radius 2 is 1.66 bits per heavy atom. The summed E-state index contributed by atoms with van der Waals surface area (Å²) in [5.41, 5.74) is 0.281. The van der Waals surface area contributed by atoms with Gasteiger partial charge in [-0.05, 0) is 44.5 Å². The molecule has 0 unspecified atom stereocenters. The van der Waals surface area contributed by atoms with Crippen LogP contribution in [0.15, 0.2) is 65.7 Å². The summed E-state index contributed by atoms with van der Waals surface area (Å²) >= 11 is 0. The quantitative estimate of drug-likeness (QED) is 0.567. The van der Waals surface area contributed by atoms with Crippen LogP contribution in [0.3, 0.4) is 0 Å². The molecule has 1 heterocycles. The van der Waals surface area contributed by atoms with Gasteiger partial charge >= 0.3 is 12.1 Å².